The first kappa shape index (κ1) is 11.2. The van der Waals surface area contributed by atoms with E-state index in [1.807, 2.05) is 25.2 Å². The van der Waals surface area contributed by atoms with E-state index in [0.29, 0.717) is 0 Å². The average molecular weight is 240 g/mol. The minimum absolute atomic E-state index is 0.0616. The largest absolute Gasteiger partial charge is 0.324 e. The number of nitrogens with one attached hydrogen (secondary N) is 2. The molecule has 1 heterocycles. The molecule has 1 aliphatic rings. The van der Waals surface area contributed by atoms with Crippen LogP contribution in [0.4, 0.5) is 5.69 Å². The molecule has 0 fully saturated rings. The minimum Gasteiger partial charge on any atom is -0.324 e. The van der Waals surface area contributed by atoms with Gasteiger partial charge in [0.1, 0.15) is 0 Å². The molecule has 2 aromatic rings. The Kier molecular flexibility index (Phi) is 2.76. The molecule has 0 aromatic heterocycles. The topological polar surface area (TPSA) is 41.1 Å². The van der Waals surface area contributed by atoms with Gasteiger partial charge in [0, 0.05) is 5.69 Å². The third-order valence-corrected chi connectivity index (χ3v) is 3.65. The molecule has 18 heavy (non-hydrogen) atoms. The fourth-order valence-corrected chi connectivity index (χ4v) is 2.64. The molecule has 1 aliphatic heterocycles. The maximum atomic E-state index is 12.0. The monoisotopic (exact) mass is 240 g/mol. The Morgan fingerprint density at radius 3 is 2.89 bits per heavy atom. The molecule has 2 aromatic carbocycles. The molecule has 3 rings (SSSR count). The number of carbonyl (C=O) groups is 1. The van der Waals surface area contributed by atoms with Crippen LogP contribution in [0.25, 0.3) is 10.8 Å². The molecular weight excluding hydrogens is 224 g/mol. The number of anilines is 1. The van der Waals surface area contributed by atoms with Gasteiger partial charge in [-0.3, -0.25) is 4.79 Å². The lowest BCUT2D eigenvalue weighted by Gasteiger charge is -2.11. The summed E-state index contributed by atoms with van der Waals surface area (Å²) >= 11 is 0. The molecule has 0 radical (unpaired) electrons. The highest BCUT2D eigenvalue weighted by molar-refractivity contribution is 6.00. The lowest BCUT2D eigenvalue weighted by Crippen LogP contribution is -2.37. The van der Waals surface area contributed by atoms with Crippen molar-refractivity contribution in [3.63, 3.8) is 0 Å². The normalized spacial score (nSPS) is 19.2. The Balaban J connectivity index is 2.13. The maximum absolute atomic E-state index is 12.0. The van der Waals surface area contributed by atoms with Gasteiger partial charge >= 0.3 is 0 Å². The van der Waals surface area contributed by atoms with E-state index >= 15 is 0 Å². The zero-order valence-corrected chi connectivity index (χ0v) is 10.4. The highest BCUT2D eigenvalue weighted by Crippen LogP contribution is 2.29. The van der Waals surface area contributed by atoms with Crippen LogP contribution in [0.5, 0.6) is 0 Å². The number of aryl methyl sites for hydroxylation is 1. The second kappa shape index (κ2) is 4.42. The SMILES string of the molecule is CNC1CCc2c(ccc3ccccc23)NC1=O. The van der Waals surface area contributed by atoms with E-state index in [4.69, 9.17) is 0 Å². The van der Waals surface area contributed by atoms with Crippen LogP contribution in [0.3, 0.4) is 0 Å². The summed E-state index contributed by atoms with van der Waals surface area (Å²) in [5.74, 6) is 0.0616. The van der Waals surface area contributed by atoms with Crippen molar-refractivity contribution < 1.29 is 4.79 Å². The molecule has 2 N–H and O–H groups in total. The number of fused-ring (bicyclic) bond motifs is 3. The quantitative estimate of drug-likeness (QED) is 0.803. The molecule has 1 amide bonds. The molecule has 3 heteroatoms. The summed E-state index contributed by atoms with van der Waals surface area (Å²) < 4.78 is 0. The standard InChI is InChI=1S/C15H16N2O/c1-16-14-9-7-12-11-5-3-2-4-10(11)6-8-13(12)17-15(14)18/h2-6,8,14,16H,7,9H2,1H3,(H,17,18). The Labute approximate surface area is 106 Å². The van der Waals surface area contributed by atoms with Gasteiger partial charge in [0.25, 0.3) is 0 Å². The molecule has 1 atom stereocenters. The molecular formula is C15H16N2O. The van der Waals surface area contributed by atoms with Gasteiger partial charge in [-0.05, 0) is 42.3 Å². The second-order valence-corrected chi connectivity index (χ2v) is 4.68. The predicted octanol–water partition coefficient (Wildman–Crippen LogP) is 2.31. The summed E-state index contributed by atoms with van der Waals surface area (Å²) in [6.07, 6.45) is 1.75. The third kappa shape index (κ3) is 1.77. The van der Waals surface area contributed by atoms with Crippen LogP contribution < -0.4 is 10.6 Å². The average Bonchev–Trinajstić information content (AvgIpc) is 2.57. The highest BCUT2D eigenvalue weighted by Gasteiger charge is 2.22. The first-order valence-electron chi connectivity index (χ1n) is 6.28. The number of carbonyl (C=O) groups excluding carboxylic acids is 1. The highest BCUT2D eigenvalue weighted by atomic mass is 16.2. The molecule has 0 aliphatic carbocycles. The van der Waals surface area contributed by atoms with Crippen molar-refractivity contribution in [2.45, 2.75) is 18.9 Å². The summed E-state index contributed by atoms with van der Waals surface area (Å²) in [6.45, 7) is 0. The van der Waals surface area contributed by atoms with Crippen LogP contribution >= 0.6 is 0 Å². The lowest BCUT2D eigenvalue weighted by atomic mass is 9.98. The number of amides is 1. The smallest absolute Gasteiger partial charge is 0.241 e. The summed E-state index contributed by atoms with van der Waals surface area (Å²) in [5, 5.41) is 8.55. The van der Waals surface area contributed by atoms with E-state index in [-0.39, 0.29) is 11.9 Å². The van der Waals surface area contributed by atoms with Gasteiger partial charge in [0.2, 0.25) is 5.91 Å². The van der Waals surface area contributed by atoms with E-state index in [1.165, 1.54) is 16.3 Å². The fourth-order valence-electron chi connectivity index (χ4n) is 2.64. The first-order chi connectivity index (χ1) is 8.79. The molecule has 0 spiro atoms. The molecule has 1 unspecified atom stereocenters. The van der Waals surface area contributed by atoms with E-state index in [9.17, 15) is 4.79 Å². The van der Waals surface area contributed by atoms with Crippen LogP contribution in [-0.4, -0.2) is 19.0 Å². The molecule has 92 valence electrons. The third-order valence-electron chi connectivity index (χ3n) is 3.65. The number of hydrogen-bond donors (Lipinski definition) is 2. The summed E-state index contributed by atoms with van der Waals surface area (Å²) in [7, 11) is 1.83. The van der Waals surface area contributed by atoms with Crippen LogP contribution in [0, 0.1) is 0 Å². The number of likely N-dealkylation sites (N-methyl/N-ethyl adjacent to an activating group) is 1. The molecule has 3 nitrogen and oxygen atoms in total. The van der Waals surface area contributed by atoms with Crippen molar-refractivity contribution in [1.29, 1.82) is 0 Å². The molecule has 0 saturated heterocycles. The first-order valence-corrected chi connectivity index (χ1v) is 6.28. The van der Waals surface area contributed by atoms with E-state index < -0.39 is 0 Å². The molecule has 0 saturated carbocycles. The number of rotatable bonds is 1. The second-order valence-electron chi connectivity index (χ2n) is 4.68. The zero-order valence-electron chi connectivity index (χ0n) is 10.4. The molecule has 0 bridgehead atoms. The Hall–Kier alpha value is -1.87. The van der Waals surface area contributed by atoms with Gasteiger partial charge in [0.05, 0.1) is 6.04 Å². The van der Waals surface area contributed by atoms with E-state index in [1.54, 1.807) is 0 Å². The summed E-state index contributed by atoms with van der Waals surface area (Å²) in [5.41, 5.74) is 2.20. The van der Waals surface area contributed by atoms with Crippen LogP contribution in [0.1, 0.15) is 12.0 Å². The minimum atomic E-state index is -0.101. The number of benzene rings is 2. The van der Waals surface area contributed by atoms with Gasteiger partial charge in [0.15, 0.2) is 0 Å². The van der Waals surface area contributed by atoms with Gasteiger partial charge in [-0.2, -0.15) is 0 Å². The summed E-state index contributed by atoms with van der Waals surface area (Å²) in [4.78, 5) is 12.0. The van der Waals surface area contributed by atoms with Crippen LogP contribution in [0.2, 0.25) is 0 Å². The van der Waals surface area contributed by atoms with Crippen LogP contribution in [0.15, 0.2) is 36.4 Å². The maximum Gasteiger partial charge on any atom is 0.241 e. The van der Waals surface area contributed by atoms with Gasteiger partial charge in [-0.25, -0.2) is 0 Å². The Bertz CT molecular complexity index is 606. The van der Waals surface area contributed by atoms with Crippen LogP contribution in [-0.2, 0) is 11.2 Å². The van der Waals surface area contributed by atoms with E-state index in [2.05, 4.69) is 28.8 Å². The van der Waals surface area contributed by atoms with Crippen molar-refractivity contribution in [2.75, 3.05) is 12.4 Å². The van der Waals surface area contributed by atoms with Gasteiger partial charge in [-0.15, -0.1) is 0 Å². The Morgan fingerprint density at radius 2 is 2.06 bits per heavy atom. The lowest BCUT2D eigenvalue weighted by molar-refractivity contribution is -0.118. The number of hydrogen-bond acceptors (Lipinski definition) is 2. The summed E-state index contributed by atoms with van der Waals surface area (Å²) in [6, 6.07) is 12.3. The van der Waals surface area contributed by atoms with Crippen molar-refractivity contribution in [3.8, 4) is 0 Å². The Morgan fingerprint density at radius 1 is 1.22 bits per heavy atom. The van der Waals surface area contributed by atoms with Crippen molar-refractivity contribution in [1.82, 2.24) is 5.32 Å². The predicted molar refractivity (Wildman–Crippen MR) is 73.7 cm³/mol. The van der Waals surface area contributed by atoms with Gasteiger partial charge in [-0.1, -0.05) is 30.3 Å². The van der Waals surface area contributed by atoms with Crippen molar-refractivity contribution in [3.05, 3.63) is 42.0 Å². The van der Waals surface area contributed by atoms with Gasteiger partial charge < -0.3 is 10.6 Å². The van der Waals surface area contributed by atoms with Crippen molar-refractivity contribution >= 4 is 22.4 Å². The zero-order chi connectivity index (χ0) is 12.5. The van der Waals surface area contributed by atoms with E-state index in [0.717, 1.165) is 18.5 Å². The fraction of sp³-hybridized carbons (Fsp3) is 0.267. The van der Waals surface area contributed by atoms with Crippen molar-refractivity contribution in [2.24, 2.45) is 0 Å².